The lowest BCUT2D eigenvalue weighted by atomic mass is 9.49. The van der Waals surface area contributed by atoms with Crippen molar-refractivity contribution in [3.63, 3.8) is 0 Å². The molecule has 3 aliphatic heterocycles. The van der Waals surface area contributed by atoms with Crippen molar-refractivity contribution >= 4 is 40.9 Å². The molecule has 0 unspecified atom stereocenters. The van der Waals surface area contributed by atoms with Gasteiger partial charge in [0.25, 0.3) is 0 Å². The first-order valence-electron chi connectivity index (χ1n) is 19.7. The highest BCUT2D eigenvalue weighted by molar-refractivity contribution is 6.32. The van der Waals surface area contributed by atoms with Gasteiger partial charge in [0.1, 0.15) is 5.75 Å². The second-order valence-electron chi connectivity index (χ2n) is 16.0. The van der Waals surface area contributed by atoms with E-state index in [2.05, 4.69) is 23.6 Å². The van der Waals surface area contributed by atoms with Crippen LogP contribution in [0, 0.1) is 23.7 Å². The fraction of sp³-hybridized carbons (Fsp3) is 0.319. The van der Waals surface area contributed by atoms with Crippen LogP contribution < -0.4 is 4.90 Å². The number of anilines is 1. The number of hydrogen-bond acceptors (Lipinski definition) is 6. The van der Waals surface area contributed by atoms with Crippen LogP contribution in [0.4, 0.5) is 5.69 Å². The van der Waals surface area contributed by atoms with Gasteiger partial charge in [-0.3, -0.25) is 29.0 Å². The van der Waals surface area contributed by atoms with E-state index in [-0.39, 0.29) is 35.9 Å². The van der Waals surface area contributed by atoms with Crippen LogP contribution >= 0.6 is 11.6 Å². The van der Waals surface area contributed by atoms with Gasteiger partial charge in [0.05, 0.1) is 28.9 Å². The molecule has 9 heteroatoms. The standard InChI is InChI=1S/C47H44ClN3O5/c1-2-11-30-14-9-19-37(42(30)52)41-35-20-21-36-40(45(55)50(43(36)53)33-22-24-49(25-23-33)28-29-12-5-3-6-13-29)38(35)27-39-44(54)51(34-18-10-17-32(48)26-34)46(56)47(39,41)31-15-7-4-8-16-31/h2-10,12-20,26,33,36,38-41,52H,1,11,21-25,27-28H2/t36-,38+,39-,40-,41+,47+/m0/s1. The number of phenolic OH excluding ortho intramolecular Hbond substituents is 1. The van der Waals surface area contributed by atoms with Gasteiger partial charge in [-0.2, -0.15) is 0 Å². The molecule has 3 heterocycles. The summed E-state index contributed by atoms with van der Waals surface area (Å²) in [6.45, 7) is 6.27. The largest absolute Gasteiger partial charge is 0.507 e. The van der Waals surface area contributed by atoms with Crippen LogP contribution in [0.5, 0.6) is 5.75 Å². The third-order valence-electron chi connectivity index (χ3n) is 13.2. The molecule has 1 saturated carbocycles. The van der Waals surface area contributed by atoms with E-state index >= 15 is 9.59 Å². The van der Waals surface area contributed by atoms with Gasteiger partial charge in [-0.25, -0.2) is 4.90 Å². The van der Waals surface area contributed by atoms with Gasteiger partial charge in [0.15, 0.2) is 0 Å². The van der Waals surface area contributed by atoms with Crippen molar-refractivity contribution in [2.24, 2.45) is 23.7 Å². The number of para-hydroxylation sites is 1. The highest BCUT2D eigenvalue weighted by Gasteiger charge is 2.70. The Balaban J connectivity index is 1.14. The number of amides is 4. The van der Waals surface area contributed by atoms with E-state index < -0.39 is 40.9 Å². The molecule has 0 bridgehead atoms. The summed E-state index contributed by atoms with van der Waals surface area (Å²) in [5.74, 6) is -4.51. The molecule has 56 heavy (non-hydrogen) atoms. The number of aromatic hydroxyl groups is 1. The second-order valence-corrected chi connectivity index (χ2v) is 16.4. The number of allylic oxidation sites excluding steroid dienone is 3. The quantitative estimate of drug-likeness (QED) is 0.147. The topological polar surface area (TPSA) is 98.2 Å². The number of rotatable bonds is 8. The predicted octanol–water partition coefficient (Wildman–Crippen LogP) is 7.60. The Bertz CT molecular complexity index is 2270. The highest BCUT2D eigenvalue weighted by Crippen LogP contribution is 2.65. The molecule has 8 nitrogen and oxygen atoms in total. The summed E-state index contributed by atoms with van der Waals surface area (Å²) in [4.78, 5) is 65.0. The zero-order valence-corrected chi connectivity index (χ0v) is 31.9. The molecule has 0 spiro atoms. The summed E-state index contributed by atoms with van der Waals surface area (Å²) in [5.41, 5.74) is 2.79. The first-order chi connectivity index (χ1) is 27.2. The van der Waals surface area contributed by atoms with Crippen LogP contribution in [-0.2, 0) is 37.6 Å². The summed E-state index contributed by atoms with van der Waals surface area (Å²) in [6.07, 6.45) is 6.10. The third kappa shape index (κ3) is 5.59. The molecule has 4 fully saturated rings. The summed E-state index contributed by atoms with van der Waals surface area (Å²) >= 11 is 6.45. The maximum absolute atomic E-state index is 15.5. The van der Waals surface area contributed by atoms with Gasteiger partial charge < -0.3 is 5.11 Å². The first-order valence-corrected chi connectivity index (χ1v) is 20.1. The number of carbonyl (C=O) groups is 4. The summed E-state index contributed by atoms with van der Waals surface area (Å²) < 4.78 is 0. The molecule has 9 rings (SSSR count). The van der Waals surface area contributed by atoms with Crippen molar-refractivity contribution in [1.29, 1.82) is 0 Å². The van der Waals surface area contributed by atoms with E-state index in [1.807, 2.05) is 72.8 Å². The molecule has 0 aromatic heterocycles. The Morgan fingerprint density at radius 1 is 0.821 bits per heavy atom. The van der Waals surface area contributed by atoms with Gasteiger partial charge in [0, 0.05) is 42.2 Å². The van der Waals surface area contributed by atoms with E-state index in [1.54, 1.807) is 35.2 Å². The van der Waals surface area contributed by atoms with Crippen molar-refractivity contribution in [2.45, 2.75) is 56.0 Å². The molecular weight excluding hydrogens is 722 g/mol. The van der Waals surface area contributed by atoms with Crippen LogP contribution in [0.2, 0.25) is 5.02 Å². The lowest BCUT2D eigenvalue weighted by Gasteiger charge is -2.51. The van der Waals surface area contributed by atoms with Gasteiger partial charge in [-0.1, -0.05) is 114 Å². The zero-order valence-electron chi connectivity index (χ0n) is 31.1. The number of hydrogen-bond donors (Lipinski definition) is 1. The zero-order chi connectivity index (χ0) is 38.7. The number of halogens is 1. The molecule has 284 valence electrons. The van der Waals surface area contributed by atoms with E-state index in [9.17, 15) is 14.7 Å². The lowest BCUT2D eigenvalue weighted by molar-refractivity contribution is -0.144. The fourth-order valence-corrected chi connectivity index (χ4v) is 11.0. The van der Waals surface area contributed by atoms with Gasteiger partial charge in [0.2, 0.25) is 23.6 Å². The SMILES string of the molecule is C=CCc1cccc([C@H]2C3=CC[C@@H]4C(=O)N(C5CCN(Cc6ccccc6)CC5)C(=O)[C@@H]4[C@@H]3C[C@H]3C(=O)N(c4cccc(Cl)c4)C(=O)[C@@]23c2ccccc2)c1O. The highest BCUT2D eigenvalue weighted by atomic mass is 35.5. The minimum Gasteiger partial charge on any atom is -0.507 e. The average Bonchev–Trinajstić information content (AvgIpc) is 3.60. The van der Waals surface area contributed by atoms with E-state index in [4.69, 9.17) is 11.6 Å². The monoisotopic (exact) mass is 765 g/mol. The summed E-state index contributed by atoms with van der Waals surface area (Å²) in [7, 11) is 0. The van der Waals surface area contributed by atoms with Crippen molar-refractivity contribution in [3.05, 3.63) is 155 Å². The number of nitrogens with zero attached hydrogens (tertiary/aromatic N) is 3. The number of benzene rings is 4. The van der Waals surface area contributed by atoms with Gasteiger partial charge in [-0.05, 0) is 72.9 Å². The Morgan fingerprint density at radius 2 is 1.54 bits per heavy atom. The number of likely N-dealkylation sites (tertiary alicyclic amines) is 2. The number of imide groups is 2. The maximum Gasteiger partial charge on any atom is 0.246 e. The van der Waals surface area contributed by atoms with Gasteiger partial charge >= 0.3 is 0 Å². The van der Waals surface area contributed by atoms with Crippen LogP contribution in [0.3, 0.4) is 0 Å². The smallest absolute Gasteiger partial charge is 0.246 e. The van der Waals surface area contributed by atoms with E-state index in [1.165, 1.54) is 10.5 Å². The Kier molecular flexibility index (Phi) is 9.29. The molecule has 4 aromatic rings. The minimum absolute atomic E-state index is 0.0364. The molecule has 4 amide bonds. The van der Waals surface area contributed by atoms with Crippen molar-refractivity contribution in [3.8, 4) is 5.75 Å². The third-order valence-corrected chi connectivity index (χ3v) is 13.4. The lowest BCUT2D eigenvalue weighted by Crippen LogP contribution is -2.53. The molecule has 6 atom stereocenters. The Hall–Kier alpha value is -5.31. The van der Waals surface area contributed by atoms with Gasteiger partial charge in [-0.15, -0.1) is 6.58 Å². The molecule has 2 aliphatic carbocycles. The average molecular weight is 766 g/mol. The van der Waals surface area contributed by atoms with Crippen molar-refractivity contribution in [2.75, 3.05) is 18.0 Å². The number of piperidine rings is 1. The van der Waals surface area contributed by atoms with Crippen LogP contribution in [0.25, 0.3) is 0 Å². The van der Waals surface area contributed by atoms with Crippen LogP contribution in [0.15, 0.2) is 127 Å². The first kappa shape index (κ1) is 36.3. The van der Waals surface area contributed by atoms with Crippen molar-refractivity contribution < 1.29 is 24.3 Å². The van der Waals surface area contributed by atoms with Crippen LogP contribution in [-0.4, -0.2) is 57.7 Å². The molecule has 1 N–H and O–H groups in total. The molecule has 5 aliphatic rings. The summed E-state index contributed by atoms with van der Waals surface area (Å²) in [5, 5.41) is 12.5. The molecule has 0 radical (unpaired) electrons. The Labute approximate surface area is 332 Å². The molecule has 4 aromatic carbocycles. The fourth-order valence-electron chi connectivity index (χ4n) is 10.8. The molecular formula is C47H44ClN3O5. The number of fused-ring (bicyclic) bond motifs is 4. The Morgan fingerprint density at radius 3 is 2.25 bits per heavy atom. The van der Waals surface area contributed by atoms with Crippen molar-refractivity contribution in [1.82, 2.24) is 9.80 Å². The van der Waals surface area contributed by atoms with Crippen LogP contribution in [0.1, 0.15) is 53.9 Å². The number of phenols is 1. The minimum atomic E-state index is -1.46. The molecule has 3 saturated heterocycles. The summed E-state index contributed by atoms with van der Waals surface area (Å²) in [6, 6.07) is 31.8. The number of carbonyl (C=O) groups excluding carboxylic acids is 4. The maximum atomic E-state index is 15.5. The van der Waals surface area contributed by atoms with E-state index in [0.29, 0.717) is 53.1 Å². The predicted molar refractivity (Wildman–Crippen MR) is 215 cm³/mol. The second kappa shape index (κ2) is 14.3. The normalized spacial score (nSPS) is 27.9. The van der Waals surface area contributed by atoms with E-state index in [0.717, 1.165) is 25.2 Å².